The van der Waals surface area contributed by atoms with Crippen LogP contribution in [0, 0.1) is 0 Å². The molecule has 0 saturated heterocycles. The van der Waals surface area contributed by atoms with Gasteiger partial charge < -0.3 is 20.7 Å². The average Bonchev–Trinajstić information content (AvgIpc) is 2.59. The van der Waals surface area contributed by atoms with Crippen molar-refractivity contribution in [2.75, 3.05) is 12.3 Å². The molecule has 5 nitrogen and oxygen atoms in total. The number of amides is 1. The van der Waals surface area contributed by atoms with Crippen LogP contribution in [0.1, 0.15) is 44.1 Å². The zero-order chi connectivity index (χ0) is 13.8. The van der Waals surface area contributed by atoms with Crippen LogP contribution in [-0.4, -0.2) is 27.7 Å². The van der Waals surface area contributed by atoms with Crippen LogP contribution < -0.4 is 11.1 Å². The number of nitrogens with zero attached hydrogens (tertiary/aromatic N) is 1. The molecule has 0 radical (unpaired) electrons. The Labute approximate surface area is 108 Å². The quantitative estimate of drug-likeness (QED) is 0.716. The number of hydrogen-bond acceptors (Lipinski definition) is 3. The summed E-state index contributed by atoms with van der Waals surface area (Å²) in [5, 5.41) is 11.9. The Bertz CT molecular complexity index is 410. The van der Waals surface area contributed by atoms with Gasteiger partial charge in [-0.3, -0.25) is 4.79 Å². The second-order valence-corrected chi connectivity index (χ2v) is 5.16. The van der Waals surface area contributed by atoms with E-state index in [9.17, 15) is 4.79 Å². The van der Waals surface area contributed by atoms with E-state index >= 15 is 0 Å². The number of hydrogen-bond donors (Lipinski definition) is 3. The lowest BCUT2D eigenvalue weighted by atomic mass is 10.0. The number of nitrogens with one attached hydrogen (secondary N) is 1. The van der Waals surface area contributed by atoms with E-state index in [-0.39, 0.29) is 12.5 Å². The highest BCUT2D eigenvalue weighted by molar-refractivity contribution is 5.94. The first kappa shape index (κ1) is 14.6. The minimum atomic E-state index is -0.429. The summed E-state index contributed by atoms with van der Waals surface area (Å²) in [6.07, 6.45) is 3.23. The molecule has 0 atom stereocenters. The lowest BCUT2D eigenvalue weighted by molar-refractivity contribution is 0.0890. The van der Waals surface area contributed by atoms with Crippen LogP contribution in [0.3, 0.4) is 0 Å². The number of aromatic nitrogens is 1. The molecule has 18 heavy (non-hydrogen) atoms. The highest BCUT2D eigenvalue weighted by Gasteiger charge is 2.22. The van der Waals surface area contributed by atoms with Crippen molar-refractivity contribution in [1.82, 2.24) is 9.88 Å². The first-order valence-corrected chi connectivity index (χ1v) is 6.28. The molecule has 0 aromatic carbocycles. The van der Waals surface area contributed by atoms with Crippen molar-refractivity contribution in [3.63, 3.8) is 0 Å². The number of carbonyl (C=O) groups excluding carboxylic acids is 1. The number of aryl methyl sites for hydroxylation is 1. The normalized spacial score (nSPS) is 11.6. The summed E-state index contributed by atoms with van der Waals surface area (Å²) in [7, 11) is 0. The molecule has 1 aromatic heterocycles. The predicted molar refractivity (Wildman–Crippen MR) is 72.4 cm³/mol. The predicted octanol–water partition coefficient (Wildman–Crippen LogP) is 1.37. The molecule has 0 aliphatic rings. The van der Waals surface area contributed by atoms with Gasteiger partial charge in [0.1, 0.15) is 5.69 Å². The van der Waals surface area contributed by atoms with E-state index in [1.807, 2.05) is 25.3 Å². The Hall–Kier alpha value is -1.49. The van der Waals surface area contributed by atoms with Crippen LogP contribution in [0.5, 0.6) is 0 Å². The third-order valence-corrected chi connectivity index (χ3v) is 2.80. The van der Waals surface area contributed by atoms with E-state index in [0.29, 0.717) is 17.8 Å². The second kappa shape index (κ2) is 5.91. The molecule has 0 aliphatic heterocycles. The molecule has 1 heterocycles. The Morgan fingerprint density at radius 2 is 2.22 bits per heavy atom. The fourth-order valence-corrected chi connectivity index (χ4v) is 1.86. The van der Waals surface area contributed by atoms with Crippen molar-refractivity contribution in [1.29, 1.82) is 0 Å². The van der Waals surface area contributed by atoms with Crippen LogP contribution >= 0.6 is 0 Å². The molecule has 5 heteroatoms. The summed E-state index contributed by atoms with van der Waals surface area (Å²) >= 11 is 0. The Morgan fingerprint density at radius 1 is 1.56 bits per heavy atom. The molecular weight excluding hydrogens is 230 g/mol. The van der Waals surface area contributed by atoms with Gasteiger partial charge in [-0.25, -0.2) is 0 Å². The fourth-order valence-electron chi connectivity index (χ4n) is 1.86. The monoisotopic (exact) mass is 253 g/mol. The second-order valence-electron chi connectivity index (χ2n) is 5.16. The minimum Gasteiger partial charge on any atom is -0.397 e. The van der Waals surface area contributed by atoms with Crippen LogP contribution in [0.2, 0.25) is 0 Å². The maximum absolute atomic E-state index is 12.2. The van der Waals surface area contributed by atoms with E-state index in [4.69, 9.17) is 10.8 Å². The number of aliphatic hydroxyl groups is 1. The minimum absolute atomic E-state index is 0.0470. The molecule has 4 N–H and O–H groups in total. The van der Waals surface area contributed by atoms with Crippen molar-refractivity contribution >= 4 is 11.6 Å². The summed E-state index contributed by atoms with van der Waals surface area (Å²) in [5.74, 6) is -0.154. The van der Waals surface area contributed by atoms with Crippen LogP contribution in [0.25, 0.3) is 0 Å². The van der Waals surface area contributed by atoms with E-state index in [1.54, 1.807) is 12.3 Å². The van der Waals surface area contributed by atoms with Crippen molar-refractivity contribution in [2.45, 2.75) is 45.7 Å². The van der Waals surface area contributed by atoms with Gasteiger partial charge in [0.05, 0.1) is 5.69 Å². The fraction of sp³-hybridized carbons (Fsp3) is 0.615. The van der Waals surface area contributed by atoms with Gasteiger partial charge >= 0.3 is 0 Å². The summed E-state index contributed by atoms with van der Waals surface area (Å²) in [6, 6.07) is 1.68. The van der Waals surface area contributed by atoms with Gasteiger partial charge in [-0.15, -0.1) is 0 Å². The van der Waals surface area contributed by atoms with Crippen molar-refractivity contribution in [2.24, 2.45) is 0 Å². The van der Waals surface area contributed by atoms with Crippen LogP contribution in [-0.2, 0) is 6.54 Å². The molecule has 102 valence electrons. The van der Waals surface area contributed by atoms with Gasteiger partial charge in [-0.2, -0.15) is 0 Å². The third kappa shape index (κ3) is 3.77. The van der Waals surface area contributed by atoms with Gasteiger partial charge in [-0.05, 0) is 32.8 Å². The smallest absolute Gasteiger partial charge is 0.268 e. The van der Waals surface area contributed by atoms with Crippen LogP contribution in [0.15, 0.2) is 12.3 Å². The van der Waals surface area contributed by atoms with E-state index in [2.05, 4.69) is 5.32 Å². The maximum Gasteiger partial charge on any atom is 0.268 e. The summed E-state index contributed by atoms with van der Waals surface area (Å²) < 4.78 is 1.86. The molecule has 0 saturated carbocycles. The largest absolute Gasteiger partial charge is 0.397 e. The molecule has 0 aliphatic carbocycles. The van der Waals surface area contributed by atoms with Gasteiger partial charge in [-0.1, -0.05) is 6.92 Å². The molecule has 1 rings (SSSR count). The Morgan fingerprint density at radius 3 is 2.78 bits per heavy atom. The maximum atomic E-state index is 12.2. The lowest BCUT2D eigenvalue weighted by Gasteiger charge is -2.25. The summed E-state index contributed by atoms with van der Waals surface area (Å²) in [6.45, 7) is 6.63. The van der Waals surface area contributed by atoms with Crippen molar-refractivity contribution < 1.29 is 9.90 Å². The van der Waals surface area contributed by atoms with Gasteiger partial charge in [0, 0.05) is 24.9 Å². The molecule has 0 spiro atoms. The number of carbonyl (C=O) groups is 1. The number of nitrogen functional groups attached to an aromatic ring is 1. The lowest BCUT2D eigenvalue weighted by Crippen LogP contribution is -2.44. The summed E-state index contributed by atoms with van der Waals surface area (Å²) in [5.41, 5.74) is 6.46. The van der Waals surface area contributed by atoms with Crippen molar-refractivity contribution in [3.05, 3.63) is 18.0 Å². The van der Waals surface area contributed by atoms with Gasteiger partial charge in [0.25, 0.3) is 5.91 Å². The first-order chi connectivity index (χ1) is 8.39. The number of rotatable bonds is 6. The highest BCUT2D eigenvalue weighted by Crippen LogP contribution is 2.14. The molecule has 1 amide bonds. The Balaban J connectivity index is 2.83. The molecule has 0 fully saturated rings. The Kier molecular flexibility index (Phi) is 4.78. The SMILES string of the molecule is CCCn1cc(N)cc1C(=O)NC(C)(C)CCO. The zero-order valence-corrected chi connectivity index (χ0v) is 11.4. The topological polar surface area (TPSA) is 80.3 Å². The standard InChI is InChI=1S/C13H23N3O2/c1-4-6-16-9-10(14)8-11(16)12(18)15-13(2,3)5-7-17/h8-9,17H,4-7,14H2,1-3H3,(H,15,18). The molecular formula is C13H23N3O2. The van der Waals surface area contributed by atoms with E-state index in [1.165, 1.54) is 0 Å². The number of nitrogens with two attached hydrogens (primary N) is 1. The third-order valence-electron chi connectivity index (χ3n) is 2.80. The number of anilines is 1. The molecule has 1 aromatic rings. The zero-order valence-electron chi connectivity index (χ0n) is 11.4. The summed E-state index contributed by atoms with van der Waals surface area (Å²) in [4.78, 5) is 12.2. The number of aliphatic hydroxyl groups excluding tert-OH is 1. The van der Waals surface area contributed by atoms with Gasteiger partial charge in [0.2, 0.25) is 0 Å². The van der Waals surface area contributed by atoms with Gasteiger partial charge in [0.15, 0.2) is 0 Å². The highest BCUT2D eigenvalue weighted by atomic mass is 16.3. The average molecular weight is 253 g/mol. The van der Waals surface area contributed by atoms with E-state index in [0.717, 1.165) is 13.0 Å². The molecule has 0 bridgehead atoms. The first-order valence-electron chi connectivity index (χ1n) is 6.28. The van der Waals surface area contributed by atoms with Crippen LogP contribution in [0.4, 0.5) is 5.69 Å². The molecule has 0 unspecified atom stereocenters. The van der Waals surface area contributed by atoms with Crippen molar-refractivity contribution in [3.8, 4) is 0 Å². The van der Waals surface area contributed by atoms with E-state index < -0.39 is 5.54 Å².